The van der Waals surface area contributed by atoms with E-state index in [0.717, 1.165) is 42.8 Å². The Balaban J connectivity index is 2.53. The lowest BCUT2D eigenvalue weighted by Crippen LogP contribution is -2.15. The number of benzene rings is 1. The van der Waals surface area contributed by atoms with E-state index in [1.165, 1.54) is 36.8 Å². The van der Waals surface area contributed by atoms with Crippen LogP contribution in [0.4, 0.5) is 0 Å². The van der Waals surface area contributed by atoms with E-state index >= 15 is 0 Å². The first kappa shape index (κ1) is 18.5. The lowest BCUT2D eigenvalue weighted by atomic mass is 10.1. The van der Waals surface area contributed by atoms with Crippen LogP contribution in [0, 0.1) is 6.92 Å². The topological polar surface area (TPSA) is 21.3 Å². The highest BCUT2D eigenvalue weighted by molar-refractivity contribution is 9.10. The van der Waals surface area contributed by atoms with Gasteiger partial charge in [0.25, 0.3) is 0 Å². The molecule has 0 fully saturated rings. The molecule has 0 saturated carbocycles. The molecule has 21 heavy (non-hydrogen) atoms. The van der Waals surface area contributed by atoms with Gasteiger partial charge in [0.1, 0.15) is 5.75 Å². The Bertz CT molecular complexity index is 406. The molecule has 0 radical (unpaired) electrons. The minimum Gasteiger partial charge on any atom is -0.493 e. The first-order valence-electron chi connectivity index (χ1n) is 8.31. The standard InChI is InChI=1S/C18H30BrNO/c1-4-6-7-8-9-11-21-18-15(3)12-17(19)13-16(18)14-20-10-5-2/h12-13,20H,4-11,14H2,1-3H3. The van der Waals surface area contributed by atoms with Crippen LogP contribution in [0.5, 0.6) is 5.75 Å². The summed E-state index contributed by atoms with van der Waals surface area (Å²) in [5, 5.41) is 3.46. The van der Waals surface area contributed by atoms with E-state index in [-0.39, 0.29) is 0 Å². The number of halogens is 1. The molecular formula is C18H30BrNO. The highest BCUT2D eigenvalue weighted by atomic mass is 79.9. The molecule has 2 nitrogen and oxygen atoms in total. The van der Waals surface area contributed by atoms with Crippen molar-refractivity contribution < 1.29 is 4.74 Å². The van der Waals surface area contributed by atoms with Gasteiger partial charge in [0.2, 0.25) is 0 Å². The average Bonchev–Trinajstić information content (AvgIpc) is 2.45. The second kappa shape index (κ2) is 11.1. The third-order valence-corrected chi connectivity index (χ3v) is 4.01. The van der Waals surface area contributed by atoms with Crippen LogP contribution < -0.4 is 10.1 Å². The van der Waals surface area contributed by atoms with Gasteiger partial charge in [-0.1, -0.05) is 55.5 Å². The molecule has 0 saturated heterocycles. The smallest absolute Gasteiger partial charge is 0.126 e. The van der Waals surface area contributed by atoms with Gasteiger partial charge in [0.15, 0.2) is 0 Å². The molecule has 0 spiro atoms. The molecule has 0 aliphatic heterocycles. The first-order chi connectivity index (χ1) is 10.2. The molecule has 0 bridgehead atoms. The summed E-state index contributed by atoms with van der Waals surface area (Å²) in [6, 6.07) is 4.30. The summed E-state index contributed by atoms with van der Waals surface area (Å²) in [5.74, 6) is 1.07. The number of hydrogen-bond acceptors (Lipinski definition) is 2. The summed E-state index contributed by atoms with van der Waals surface area (Å²) in [7, 11) is 0. The molecule has 1 N–H and O–H groups in total. The maximum atomic E-state index is 6.07. The van der Waals surface area contributed by atoms with Gasteiger partial charge in [-0.15, -0.1) is 0 Å². The Morgan fingerprint density at radius 3 is 2.52 bits per heavy atom. The Hall–Kier alpha value is -0.540. The summed E-state index contributed by atoms with van der Waals surface area (Å²) in [4.78, 5) is 0. The predicted molar refractivity (Wildman–Crippen MR) is 95.1 cm³/mol. The molecule has 0 amide bonds. The quantitative estimate of drug-likeness (QED) is 0.521. The van der Waals surface area contributed by atoms with E-state index < -0.39 is 0 Å². The second-order valence-corrected chi connectivity index (χ2v) is 6.57. The molecule has 0 heterocycles. The summed E-state index contributed by atoms with van der Waals surface area (Å²) < 4.78 is 7.20. The van der Waals surface area contributed by atoms with Crippen molar-refractivity contribution in [1.29, 1.82) is 0 Å². The van der Waals surface area contributed by atoms with Crippen molar-refractivity contribution in [3.63, 3.8) is 0 Å². The highest BCUT2D eigenvalue weighted by Crippen LogP contribution is 2.28. The number of unbranched alkanes of at least 4 members (excludes halogenated alkanes) is 4. The van der Waals surface area contributed by atoms with Crippen LogP contribution in [0.1, 0.15) is 63.5 Å². The monoisotopic (exact) mass is 355 g/mol. The van der Waals surface area contributed by atoms with Crippen molar-refractivity contribution in [3.05, 3.63) is 27.7 Å². The zero-order valence-corrected chi connectivity index (χ0v) is 15.4. The van der Waals surface area contributed by atoms with Crippen molar-refractivity contribution in [2.75, 3.05) is 13.2 Å². The lowest BCUT2D eigenvalue weighted by Gasteiger charge is -2.15. The van der Waals surface area contributed by atoms with Crippen molar-refractivity contribution in [2.24, 2.45) is 0 Å². The summed E-state index contributed by atoms with van der Waals surface area (Å²) in [5.41, 5.74) is 2.47. The van der Waals surface area contributed by atoms with Crippen molar-refractivity contribution >= 4 is 15.9 Å². The third kappa shape index (κ3) is 7.32. The van der Waals surface area contributed by atoms with Gasteiger partial charge in [-0.25, -0.2) is 0 Å². The van der Waals surface area contributed by atoms with Crippen LogP contribution in [0.25, 0.3) is 0 Å². The number of nitrogens with one attached hydrogen (secondary N) is 1. The SMILES string of the molecule is CCCCCCCOc1c(C)cc(Br)cc1CNCCC. The lowest BCUT2D eigenvalue weighted by molar-refractivity contribution is 0.299. The molecular weight excluding hydrogens is 326 g/mol. The maximum Gasteiger partial charge on any atom is 0.126 e. The first-order valence-corrected chi connectivity index (χ1v) is 9.10. The van der Waals surface area contributed by atoms with Crippen LogP contribution in [-0.4, -0.2) is 13.2 Å². The highest BCUT2D eigenvalue weighted by Gasteiger charge is 2.09. The van der Waals surface area contributed by atoms with Gasteiger partial charge >= 0.3 is 0 Å². The maximum absolute atomic E-state index is 6.07. The molecule has 3 heteroatoms. The van der Waals surface area contributed by atoms with Crippen LogP contribution in [0.3, 0.4) is 0 Å². The molecule has 0 unspecified atom stereocenters. The van der Waals surface area contributed by atoms with Crippen molar-refractivity contribution in [1.82, 2.24) is 5.32 Å². The Kier molecular flexibility index (Phi) is 9.77. The fraction of sp³-hybridized carbons (Fsp3) is 0.667. The second-order valence-electron chi connectivity index (χ2n) is 5.65. The van der Waals surface area contributed by atoms with Crippen molar-refractivity contribution in [2.45, 2.75) is 65.8 Å². The van der Waals surface area contributed by atoms with E-state index in [2.05, 4.69) is 54.2 Å². The van der Waals surface area contributed by atoms with Gasteiger partial charge in [-0.05, 0) is 44.0 Å². The van der Waals surface area contributed by atoms with Crippen molar-refractivity contribution in [3.8, 4) is 5.75 Å². The van der Waals surface area contributed by atoms with E-state index in [4.69, 9.17) is 4.74 Å². The molecule has 1 aromatic carbocycles. The van der Waals surface area contributed by atoms with Gasteiger partial charge in [0, 0.05) is 16.6 Å². The summed E-state index contributed by atoms with van der Waals surface area (Å²) >= 11 is 3.58. The Labute approximate surface area is 138 Å². The minimum atomic E-state index is 0.826. The van der Waals surface area contributed by atoms with Crippen LogP contribution in [0.2, 0.25) is 0 Å². The zero-order chi connectivity index (χ0) is 15.5. The summed E-state index contributed by atoms with van der Waals surface area (Å²) in [6.07, 6.45) is 7.53. The number of aryl methyl sites for hydroxylation is 1. The molecule has 0 aliphatic rings. The average molecular weight is 356 g/mol. The minimum absolute atomic E-state index is 0.826. The fourth-order valence-electron chi connectivity index (χ4n) is 2.42. The largest absolute Gasteiger partial charge is 0.493 e. The predicted octanol–water partition coefficient (Wildman–Crippen LogP) is 5.61. The normalized spacial score (nSPS) is 10.9. The molecule has 1 rings (SSSR count). The molecule has 0 aliphatic carbocycles. The Morgan fingerprint density at radius 1 is 1.05 bits per heavy atom. The van der Waals surface area contributed by atoms with Crippen LogP contribution in [-0.2, 0) is 6.54 Å². The molecule has 0 atom stereocenters. The fourth-order valence-corrected chi connectivity index (χ4v) is 3.04. The third-order valence-electron chi connectivity index (χ3n) is 3.55. The number of hydrogen-bond donors (Lipinski definition) is 1. The van der Waals surface area contributed by atoms with E-state index in [0.29, 0.717) is 0 Å². The molecule has 120 valence electrons. The van der Waals surface area contributed by atoms with Gasteiger partial charge in [0.05, 0.1) is 6.61 Å². The molecule has 1 aromatic rings. The molecule has 0 aromatic heterocycles. The van der Waals surface area contributed by atoms with Gasteiger partial charge in [-0.2, -0.15) is 0 Å². The number of rotatable bonds is 11. The van der Waals surface area contributed by atoms with Crippen LogP contribution in [0.15, 0.2) is 16.6 Å². The number of ether oxygens (including phenoxy) is 1. The Morgan fingerprint density at radius 2 is 1.81 bits per heavy atom. The van der Waals surface area contributed by atoms with E-state index in [1.807, 2.05) is 0 Å². The zero-order valence-electron chi connectivity index (χ0n) is 13.8. The van der Waals surface area contributed by atoms with Gasteiger partial charge in [-0.3, -0.25) is 0 Å². The van der Waals surface area contributed by atoms with E-state index in [1.54, 1.807) is 0 Å². The summed E-state index contributed by atoms with van der Waals surface area (Å²) in [6.45, 7) is 9.30. The van der Waals surface area contributed by atoms with Crippen LogP contribution >= 0.6 is 15.9 Å². The van der Waals surface area contributed by atoms with Gasteiger partial charge < -0.3 is 10.1 Å². The van der Waals surface area contributed by atoms with E-state index in [9.17, 15) is 0 Å².